The molecule has 1 aliphatic carbocycles. The summed E-state index contributed by atoms with van der Waals surface area (Å²) < 4.78 is 0.754. The topological polar surface area (TPSA) is 57.7 Å². The summed E-state index contributed by atoms with van der Waals surface area (Å²) in [6.45, 7) is 0.842. The van der Waals surface area contributed by atoms with E-state index in [1.165, 1.54) is 4.90 Å². The first-order valence-corrected chi connectivity index (χ1v) is 8.93. The lowest BCUT2D eigenvalue weighted by molar-refractivity contribution is -0.145. The lowest BCUT2D eigenvalue weighted by atomic mass is 9.85. The number of rotatable bonds is 2. The molecule has 0 bridgehead atoms. The van der Waals surface area contributed by atoms with Crippen LogP contribution in [-0.2, 0) is 9.59 Å². The van der Waals surface area contributed by atoms with Crippen molar-refractivity contribution in [2.24, 2.45) is 11.8 Å². The van der Waals surface area contributed by atoms with Crippen molar-refractivity contribution >= 4 is 33.7 Å². The van der Waals surface area contributed by atoms with E-state index < -0.39 is 0 Å². The number of allylic oxidation sites excluding steroid dienone is 2. The number of fused-ring (bicyclic) bond motifs is 1. The van der Waals surface area contributed by atoms with Crippen molar-refractivity contribution in [2.45, 2.75) is 18.9 Å². The van der Waals surface area contributed by atoms with Crippen molar-refractivity contribution in [2.75, 3.05) is 13.1 Å². The van der Waals surface area contributed by atoms with Gasteiger partial charge >= 0.3 is 0 Å². The summed E-state index contributed by atoms with van der Waals surface area (Å²) in [5, 5.41) is 0. The van der Waals surface area contributed by atoms with Gasteiger partial charge in [0.15, 0.2) is 0 Å². The van der Waals surface area contributed by atoms with Crippen LogP contribution in [0, 0.1) is 11.8 Å². The van der Waals surface area contributed by atoms with E-state index in [0.717, 1.165) is 4.47 Å². The van der Waals surface area contributed by atoms with E-state index in [2.05, 4.69) is 15.9 Å². The van der Waals surface area contributed by atoms with E-state index in [0.29, 0.717) is 31.5 Å². The molecule has 0 saturated carbocycles. The van der Waals surface area contributed by atoms with Crippen molar-refractivity contribution in [3.8, 4) is 0 Å². The molecule has 6 heteroatoms. The number of nitrogens with zero attached hydrogens (tertiary/aromatic N) is 2. The van der Waals surface area contributed by atoms with Crippen LogP contribution in [0.1, 0.15) is 23.2 Å². The smallest absolute Gasteiger partial charge is 0.255 e. The van der Waals surface area contributed by atoms with Gasteiger partial charge in [-0.15, -0.1) is 0 Å². The summed E-state index contributed by atoms with van der Waals surface area (Å²) in [6, 6.07) is 7.10. The molecule has 2 aliphatic heterocycles. The van der Waals surface area contributed by atoms with Gasteiger partial charge in [-0.1, -0.05) is 24.3 Å². The van der Waals surface area contributed by atoms with E-state index in [1.807, 2.05) is 30.4 Å². The van der Waals surface area contributed by atoms with Crippen LogP contribution in [0.4, 0.5) is 0 Å². The fraction of sp³-hybridized carbons (Fsp3) is 0.389. The van der Waals surface area contributed by atoms with Gasteiger partial charge in [-0.25, -0.2) is 0 Å². The minimum absolute atomic E-state index is 0.0626. The number of imide groups is 1. The first-order valence-electron chi connectivity index (χ1n) is 8.13. The van der Waals surface area contributed by atoms with Crippen molar-refractivity contribution < 1.29 is 14.4 Å². The number of hydrogen-bond donors (Lipinski definition) is 0. The first kappa shape index (κ1) is 15.6. The van der Waals surface area contributed by atoms with Crippen LogP contribution in [0.5, 0.6) is 0 Å². The third kappa shape index (κ3) is 2.32. The van der Waals surface area contributed by atoms with E-state index >= 15 is 0 Å². The molecule has 0 spiro atoms. The highest BCUT2D eigenvalue weighted by molar-refractivity contribution is 9.10. The molecule has 0 unspecified atom stereocenters. The van der Waals surface area contributed by atoms with Gasteiger partial charge < -0.3 is 4.90 Å². The molecule has 3 amide bonds. The van der Waals surface area contributed by atoms with Crippen LogP contribution in [0.3, 0.4) is 0 Å². The predicted octanol–water partition coefficient (Wildman–Crippen LogP) is 2.22. The predicted molar refractivity (Wildman–Crippen MR) is 91.0 cm³/mol. The second-order valence-electron chi connectivity index (χ2n) is 6.55. The standard InChI is InChI=1S/C18H17BrN2O3/c19-15-8-4-3-7-14(15)16(22)20-9-11(10-20)21-17(23)12-5-1-2-6-13(12)18(21)24/h1-4,7-8,11-13H,5-6,9-10H2/t12-,13-/m1/s1. The summed E-state index contributed by atoms with van der Waals surface area (Å²) in [4.78, 5) is 40.7. The summed E-state index contributed by atoms with van der Waals surface area (Å²) in [5.74, 6) is -0.595. The Morgan fingerprint density at radius 3 is 2.17 bits per heavy atom. The Morgan fingerprint density at radius 2 is 1.58 bits per heavy atom. The Hall–Kier alpha value is -1.95. The van der Waals surface area contributed by atoms with Gasteiger partial charge in [0.25, 0.3) is 5.91 Å². The molecule has 24 heavy (non-hydrogen) atoms. The molecule has 1 aromatic carbocycles. The fourth-order valence-electron chi connectivity index (χ4n) is 3.78. The molecule has 5 nitrogen and oxygen atoms in total. The molecule has 0 N–H and O–H groups in total. The summed E-state index contributed by atoms with van der Waals surface area (Å²) >= 11 is 3.39. The Morgan fingerprint density at radius 1 is 1.00 bits per heavy atom. The molecule has 0 aromatic heterocycles. The quantitative estimate of drug-likeness (QED) is 0.576. The monoisotopic (exact) mass is 388 g/mol. The number of carbonyl (C=O) groups is 3. The average Bonchev–Trinajstić information content (AvgIpc) is 2.79. The molecular weight excluding hydrogens is 372 g/mol. The van der Waals surface area contributed by atoms with Crippen LogP contribution in [0.25, 0.3) is 0 Å². The lowest BCUT2D eigenvalue weighted by Crippen LogP contribution is -2.62. The lowest BCUT2D eigenvalue weighted by Gasteiger charge is -2.43. The zero-order valence-corrected chi connectivity index (χ0v) is 14.6. The van der Waals surface area contributed by atoms with Crippen molar-refractivity contribution in [1.29, 1.82) is 0 Å². The van der Waals surface area contributed by atoms with Crippen LogP contribution in [0.2, 0.25) is 0 Å². The second-order valence-corrected chi connectivity index (χ2v) is 7.40. The van der Waals surface area contributed by atoms with E-state index in [-0.39, 0.29) is 35.6 Å². The van der Waals surface area contributed by atoms with Crippen molar-refractivity contribution in [1.82, 2.24) is 9.80 Å². The Bertz CT molecular complexity index is 728. The zero-order valence-electron chi connectivity index (χ0n) is 13.0. The summed E-state index contributed by atoms with van der Waals surface area (Å²) in [5.41, 5.74) is 0.605. The number of likely N-dealkylation sites (tertiary alicyclic amines) is 2. The van der Waals surface area contributed by atoms with Crippen LogP contribution in [0.15, 0.2) is 40.9 Å². The van der Waals surface area contributed by atoms with E-state index in [1.54, 1.807) is 11.0 Å². The normalized spacial score (nSPS) is 26.5. The third-order valence-corrected chi connectivity index (χ3v) is 5.85. The molecule has 0 radical (unpaired) electrons. The Labute approximate surface area is 148 Å². The minimum atomic E-state index is -0.199. The molecule has 3 aliphatic rings. The molecule has 2 heterocycles. The molecule has 4 rings (SSSR count). The minimum Gasteiger partial charge on any atom is -0.334 e. The van der Waals surface area contributed by atoms with Gasteiger partial charge in [0.2, 0.25) is 11.8 Å². The van der Waals surface area contributed by atoms with Crippen LogP contribution in [-0.4, -0.2) is 46.7 Å². The number of halogens is 1. The summed E-state index contributed by atoms with van der Waals surface area (Å²) in [7, 11) is 0. The highest BCUT2D eigenvalue weighted by Crippen LogP contribution is 2.37. The largest absolute Gasteiger partial charge is 0.334 e. The molecular formula is C18H17BrN2O3. The summed E-state index contributed by atoms with van der Waals surface area (Å²) in [6.07, 6.45) is 5.27. The van der Waals surface area contributed by atoms with Gasteiger partial charge in [0.05, 0.1) is 23.4 Å². The second kappa shape index (κ2) is 5.84. The number of hydrogen-bond acceptors (Lipinski definition) is 3. The highest BCUT2D eigenvalue weighted by Gasteiger charge is 2.52. The van der Waals surface area contributed by atoms with Gasteiger partial charge in [0, 0.05) is 17.6 Å². The van der Waals surface area contributed by atoms with Crippen LogP contribution >= 0.6 is 15.9 Å². The maximum atomic E-state index is 12.5. The Kier molecular flexibility index (Phi) is 3.79. The van der Waals surface area contributed by atoms with Gasteiger partial charge in [-0.2, -0.15) is 0 Å². The molecule has 124 valence electrons. The number of amides is 3. The van der Waals surface area contributed by atoms with Gasteiger partial charge in [-0.3, -0.25) is 19.3 Å². The molecule has 1 aromatic rings. The van der Waals surface area contributed by atoms with Crippen LogP contribution < -0.4 is 0 Å². The fourth-order valence-corrected chi connectivity index (χ4v) is 4.23. The highest BCUT2D eigenvalue weighted by atomic mass is 79.9. The van der Waals surface area contributed by atoms with Crippen molar-refractivity contribution in [3.63, 3.8) is 0 Å². The number of carbonyl (C=O) groups excluding carboxylic acids is 3. The van der Waals surface area contributed by atoms with Crippen molar-refractivity contribution in [3.05, 3.63) is 46.5 Å². The maximum absolute atomic E-state index is 12.5. The van der Waals surface area contributed by atoms with Gasteiger partial charge in [0.1, 0.15) is 0 Å². The first-order chi connectivity index (χ1) is 11.6. The molecule has 2 fully saturated rings. The maximum Gasteiger partial charge on any atom is 0.255 e. The molecule has 2 atom stereocenters. The zero-order chi connectivity index (χ0) is 16.8. The third-order valence-electron chi connectivity index (χ3n) is 5.16. The molecule has 2 saturated heterocycles. The average molecular weight is 389 g/mol. The SMILES string of the molecule is O=C(c1ccccc1Br)N1CC(N2C(=O)[C@@H]3CC=CC[C@H]3C2=O)C1. The number of benzene rings is 1. The van der Waals surface area contributed by atoms with E-state index in [4.69, 9.17) is 0 Å². The Balaban J connectivity index is 1.45. The van der Waals surface area contributed by atoms with Gasteiger partial charge in [-0.05, 0) is 40.9 Å². The van der Waals surface area contributed by atoms with E-state index in [9.17, 15) is 14.4 Å².